The molecule has 0 saturated carbocycles. The van der Waals surface area contributed by atoms with E-state index in [1.165, 1.54) is 0 Å². The molecule has 0 amide bonds. The highest BCUT2D eigenvalue weighted by Crippen LogP contribution is 2.23. The summed E-state index contributed by atoms with van der Waals surface area (Å²) in [6.07, 6.45) is 1.81. The summed E-state index contributed by atoms with van der Waals surface area (Å²) in [5.74, 6) is 2.54. The molecule has 0 unspecified atom stereocenters. The van der Waals surface area contributed by atoms with Crippen LogP contribution in [-0.2, 0) is 13.1 Å². The van der Waals surface area contributed by atoms with E-state index in [-0.39, 0.29) is 0 Å². The predicted molar refractivity (Wildman–Crippen MR) is 77.5 cm³/mol. The molecule has 0 aromatic carbocycles. The van der Waals surface area contributed by atoms with E-state index in [0.717, 1.165) is 39.8 Å². The lowest BCUT2D eigenvalue weighted by Crippen LogP contribution is -2.13. The minimum absolute atomic E-state index is 0.690. The molecule has 3 rings (SSSR count). The number of hydrogen-bond donors (Lipinski definition) is 2. The van der Waals surface area contributed by atoms with Crippen LogP contribution in [-0.4, -0.2) is 15.4 Å². The highest BCUT2D eigenvalue weighted by Gasteiger charge is 2.12. The van der Waals surface area contributed by atoms with Gasteiger partial charge in [0.05, 0.1) is 11.9 Å². The molecule has 3 heterocycles. The molecule has 3 aromatic rings. The molecule has 0 fully saturated rings. The highest BCUT2D eigenvalue weighted by molar-refractivity contribution is 5.56. The molecule has 6 nitrogen and oxygen atoms in total. The molecule has 2 N–H and O–H groups in total. The van der Waals surface area contributed by atoms with Crippen LogP contribution in [0.5, 0.6) is 0 Å². The van der Waals surface area contributed by atoms with Crippen molar-refractivity contribution in [2.75, 3.05) is 0 Å². The molecule has 0 aliphatic rings. The van der Waals surface area contributed by atoms with E-state index >= 15 is 0 Å². The number of rotatable bonds is 5. The lowest BCUT2D eigenvalue weighted by atomic mass is 10.2. The minimum Gasteiger partial charge on any atom is -0.460 e. The zero-order valence-corrected chi connectivity index (χ0v) is 12.4. The first-order valence-corrected chi connectivity index (χ1v) is 6.86. The van der Waals surface area contributed by atoms with Crippen LogP contribution < -0.4 is 5.32 Å². The van der Waals surface area contributed by atoms with E-state index in [9.17, 15) is 0 Å². The van der Waals surface area contributed by atoms with Crippen LogP contribution in [0, 0.1) is 20.8 Å². The van der Waals surface area contributed by atoms with E-state index in [1.54, 1.807) is 0 Å². The van der Waals surface area contributed by atoms with Gasteiger partial charge in [0.15, 0.2) is 5.76 Å². The van der Waals surface area contributed by atoms with Gasteiger partial charge in [-0.3, -0.25) is 5.10 Å². The number of H-pyrrole nitrogens is 1. The summed E-state index contributed by atoms with van der Waals surface area (Å²) in [5.41, 5.74) is 4.01. The quantitative estimate of drug-likeness (QED) is 0.754. The minimum atomic E-state index is 0.690. The third kappa shape index (κ3) is 2.75. The van der Waals surface area contributed by atoms with E-state index in [1.807, 2.05) is 39.1 Å². The molecular weight excluding hydrogens is 268 g/mol. The van der Waals surface area contributed by atoms with Gasteiger partial charge in [0.2, 0.25) is 0 Å². The van der Waals surface area contributed by atoms with Crippen LogP contribution in [0.2, 0.25) is 0 Å². The van der Waals surface area contributed by atoms with Crippen LogP contribution in [0.1, 0.15) is 28.3 Å². The Balaban J connectivity index is 1.68. The van der Waals surface area contributed by atoms with Gasteiger partial charge in [-0.15, -0.1) is 0 Å². The molecule has 0 aliphatic carbocycles. The van der Waals surface area contributed by atoms with Crippen molar-refractivity contribution in [3.8, 4) is 11.5 Å². The molecule has 0 bridgehead atoms. The Bertz CT molecular complexity index is 719. The Kier molecular flexibility index (Phi) is 3.62. The average Bonchev–Trinajstić information content (AvgIpc) is 3.15. The van der Waals surface area contributed by atoms with Crippen molar-refractivity contribution >= 4 is 0 Å². The first-order valence-electron chi connectivity index (χ1n) is 6.86. The Morgan fingerprint density at radius 2 is 2.05 bits per heavy atom. The number of nitrogens with zero attached hydrogens (tertiary/aromatic N) is 2. The lowest BCUT2D eigenvalue weighted by Gasteiger charge is -2.04. The maximum absolute atomic E-state index is 5.63. The molecule has 6 heteroatoms. The van der Waals surface area contributed by atoms with Crippen molar-refractivity contribution in [2.24, 2.45) is 0 Å². The van der Waals surface area contributed by atoms with Crippen molar-refractivity contribution in [3.63, 3.8) is 0 Å². The second kappa shape index (κ2) is 5.57. The maximum atomic E-state index is 5.63. The normalized spacial score (nSPS) is 11.2. The molecule has 0 saturated heterocycles. The summed E-state index contributed by atoms with van der Waals surface area (Å²) in [6, 6.07) is 3.89. The van der Waals surface area contributed by atoms with Gasteiger partial charge >= 0.3 is 0 Å². The zero-order valence-electron chi connectivity index (χ0n) is 12.4. The highest BCUT2D eigenvalue weighted by atomic mass is 16.5. The standard InChI is InChI=1S/C15H18N4O2/c1-9-4-5-14(20-9)15-12(7-17-18-15)6-16-8-13-10(2)19-21-11(13)3/h4-5,7,16H,6,8H2,1-3H3,(H,17,18). The van der Waals surface area contributed by atoms with E-state index in [2.05, 4.69) is 20.7 Å². The molecule has 110 valence electrons. The van der Waals surface area contributed by atoms with Gasteiger partial charge in [-0.05, 0) is 32.9 Å². The van der Waals surface area contributed by atoms with E-state index < -0.39 is 0 Å². The maximum Gasteiger partial charge on any atom is 0.152 e. The van der Waals surface area contributed by atoms with Gasteiger partial charge in [-0.2, -0.15) is 5.10 Å². The van der Waals surface area contributed by atoms with E-state index in [4.69, 9.17) is 8.94 Å². The molecule has 0 atom stereocenters. The zero-order chi connectivity index (χ0) is 14.8. The summed E-state index contributed by atoms with van der Waals surface area (Å²) in [6.45, 7) is 7.20. The van der Waals surface area contributed by atoms with Gasteiger partial charge in [-0.1, -0.05) is 5.16 Å². The Labute approximate surface area is 122 Å². The van der Waals surface area contributed by atoms with Gasteiger partial charge in [-0.25, -0.2) is 0 Å². The van der Waals surface area contributed by atoms with Crippen molar-refractivity contribution in [3.05, 3.63) is 46.7 Å². The Morgan fingerprint density at radius 3 is 2.71 bits per heavy atom. The third-order valence-electron chi connectivity index (χ3n) is 3.50. The number of hydrogen-bond acceptors (Lipinski definition) is 5. The summed E-state index contributed by atoms with van der Waals surface area (Å²) in [7, 11) is 0. The second-order valence-electron chi connectivity index (χ2n) is 5.09. The molecule has 0 spiro atoms. The van der Waals surface area contributed by atoms with Crippen molar-refractivity contribution < 1.29 is 8.94 Å². The van der Waals surface area contributed by atoms with Crippen molar-refractivity contribution in [1.82, 2.24) is 20.7 Å². The fraction of sp³-hybridized carbons (Fsp3) is 0.333. The molecule has 3 aromatic heterocycles. The first-order chi connectivity index (χ1) is 10.1. The second-order valence-corrected chi connectivity index (χ2v) is 5.09. The largest absolute Gasteiger partial charge is 0.460 e. The van der Waals surface area contributed by atoms with Crippen LogP contribution in [0.4, 0.5) is 0 Å². The first kappa shape index (κ1) is 13.6. The fourth-order valence-electron chi connectivity index (χ4n) is 2.30. The van der Waals surface area contributed by atoms with Gasteiger partial charge in [0, 0.05) is 24.2 Å². The van der Waals surface area contributed by atoms with Gasteiger partial charge in [0.25, 0.3) is 0 Å². The van der Waals surface area contributed by atoms with Crippen molar-refractivity contribution in [2.45, 2.75) is 33.9 Å². The van der Waals surface area contributed by atoms with Gasteiger partial charge < -0.3 is 14.3 Å². The number of nitrogens with one attached hydrogen (secondary N) is 2. The lowest BCUT2D eigenvalue weighted by molar-refractivity contribution is 0.392. The molecule has 21 heavy (non-hydrogen) atoms. The summed E-state index contributed by atoms with van der Waals surface area (Å²) in [5, 5.41) is 14.4. The summed E-state index contributed by atoms with van der Waals surface area (Å²) in [4.78, 5) is 0. The topological polar surface area (TPSA) is 79.9 Å². The summed E-state index contributed by atoms with van der Waals surface area (Å²) >= 11 is 0. The average molecular weight is 286 g/mol. The Morgan fingerprint density at radius 1 is 1.19 bits per heavy atom. The number of aryl methyl sites for hydroxylation is 3. The van der Waals surface area contributed by atoms with Crippen LogP contribution in [0.15, 0.2) is 27.3 Å². The molecule has 0 radical (unpaired) electrons. The van der Waals surface area contributed by atoms with Crippen LogP contribution >= 0.6 is 0 Å². The van der Waals surface area contributed by atoms with Crippen LogP contribution in [0.25, 0.3) is 11.5 Å². The number of furan rings is 1. The number of aromatic nitrogens is 3. The fourth-order valence-corrected chi connectivity index (χ4v) is 2.30. The summed E-state index contributed by atoms with van der Waals surface area (Å²) < 4.78 is 10.8. The van der Waals surface area contributed by atoms with Crippen LogP contribution in [0.3, 0.4) is 0 Å². The van der Waals surface area contributed by atoms with Crippen molar-refractivity contribution in [1.29, 1.82) is 0 Å². The monoisotopic (exact) mass is 286 g/mol. The molecule has 0 aliphatic heterocycles. The SMILES string of the molecule is Cc1ccc(-c2[nH]ncc2CNCc2c(C)noc2C)o1. The smallest absolute Gasteiger partial charge is 0.152 e. The Hall–Kier alpha value is -2.34. The predicted octanol–water partition coefficient (Wildman–Crippen LogP) is 2.87. The van der Waals surface area contributed by atoms with Gasteiger partial charge in [0.1, 0.15) is 17.2 Å². The third-order valence-corrected chi connectivity index (χ3v) is 3.50. The molecular formula is C15H18N4O2. The van der Waals surface area contributed by atoms with E-state index in [0.29, 0.717) is 13.1 Å². The number of aromatic amines is 1.